The molecule has 0 N–H and O–H groups in total. The molecule has 25 heavy (non-hydrogen) atoms. The number of benzene rings is 1. The highest BCUT2D eigenvalue weighted by Crippen LogP contribution is 2.64. The van der Waals surface area contributed by atoms with Crippen molar-refractivity contribution in [1.82, 2.24) is 0 Å². The quantitative estimate of drug-likeness (QED) is 0.655. The van der Waals surface area contributed by atoms with Gasteiger partial charge in [0.1, 0.15) is 0 Å². The Morgan fingerprint density at radius 1 is 1.16 bits per heavy atom. The number of methoxy groups -OCH3 is 1. The molecular formula is C21H24ClFO2. The van der Waals surface area contributed by atoms with Crippen molar-refractivity contribution >= 4 is 16.8 Å². The number of carbonyl (C=O) groups excluding carboxylic acids is 1. The zero-order valence-corrected chi connectivity index (χ0v) is 15.4. The number of ether oxygens (including phenoxy) is 1. The van der Waals surface area contributed by atoms with E-state index >= 15 is 4.39 Å². The number of carbonyl (C=O) groups is 1. The Morgan fingerprint density at radius 2 is 1.72 bits per heavy atom. The van der Waals surface area contributed by atoms with Crippen molar-refractivity contribution in [3.8, 4) is 5.75 Å². The standard InChI is InChI=1S/C21H24ClFO2/c1-25-19-17(15(14-2-3-14)7-16(18(19)23)20(22)24)21-8-11-4-12(9-21)6-13(5-11)10-21/h7,11-14H,2-6,8-10H2,1H3. The Balaban J connectivity index is 1.73. The minimum Gasteiger partial charge on any atom is -0.493 e. The largest absolute Gasteiger partial charge is 0.493 e. The molecule has 5 aliphatic carbocycles. The van der Waals surface area contributed by atoms with Crippen LogP contribution in [0.3, 0.4) is 0 Å². The summed E-state index contributed by atoms with van der Waals surface area (Å²) in [6.45, 7) is 0. The SMILES string of the molecule is COc1c(F)c(C(=O)Cl)cc(C2CC2)c1C12CC3CC(CC(C3)C1)C2. The van der Waals surface area contributed by atoms with Gasteiger partial charge in [-0.2, -0.15) is 0 Å². The molecule has 0 aliphatic heterocycles. The molecule has 5 saturated carbocycles. The van der Waals surface area contributed by atoms with E-state index < -0.39 is 11.1 Å². The molecule has 0 unspecified atom stereocenters. The summed E-state index contributed by atoms with van der Waals surface area (Å²) in [5.41, 5.74) is 2.26. The summed E-state index contributed by atoms with van der Waals surface area (Å²) in [4.78, 5) is 11.8. The third-order valence-corrected chi connectivity index (χ3v) is 7.46. The first-order chi connectivity index (χ1) is 12.0. The maximum atomic E-state index is 15.1. The van der Waals surface area contributed by atoms with Gasteiger partial charge in [0.05, 0.1) is 12.7 Å². The lowest BCUT2D eigenvalue weighted by atomic mass is 9.47. The zero-order valence-electron chi connectivity index (χ0n) is 14.6. The summed E-state index contributed by atoms with van der Waals surface area (Å²) in [6, 6.07) is 1.75. The van der Waals surface area contributed by atoms with Crippen LogP contribution < -0.4 is 4.74 Å². The van der Waals surface area contributed by atoms with Gasteiger partial charge >= 0.3 is 0 Å². The van der Waals surface area contributed by atoms with Crippen LogP contribution in [0.2, 0.25) is 0 Å². The highest BCUT2D eigenvalue weighted by atomic mass is 35.5. The monoisotopic (exact) mass is 362 g/mol. The van der Waals surface area contributed by atoms with Crippen molar-refractivity contribution in [3.05, 3.63) is 28.6 Å². The third kappa shape index (κ3) is 2.38. The first kappa shape index (κ1) is 16.1. The van der Waals surface area contributed by atoms with Gasteiger partial charge < -0.3 is 4.74 Å². The van der Waals surface area contributed by atoms with E-state index in [1.807, 2.05) is 0 Å². The normalized spacial score (nSPS) is 35.9. The van der Waals surface area contributed by atoms with Crippen molar-refractivity contribution in [2.24, 2.45) is 17.8 Å². The van der Waals surface area contributed by atoms with Crippen molar-refractivity contribution in [2.75, 3.05) is 7.11 Å². The van der Waals surface area contributed by atoms with Crippen LogP contribution in [0.4, 0.5) is 4.39 Å². The molecular weight excluding hydrogens is 339 g/mol. The third-order valence-electron chi connectivity index (χ3n) is 7.25. The molecule has 4 heteroatoms. The Hall–Kier alpha value is -1.09. The van der Waals surface area contributed by atoms with Gasteiger partial charge in [0, 0.05) is 11.0 Å². The maximum absolute atomic E-state index is 15.1. The fourth-order valence-corrected chi connectivity index (χ4v) is 6.81. The zero-order chi connectivity index (χ0) is 17.3. The Labute approximate surface area is 153 Å². The minimum atomic E-state index is -0.727. The van der Waals surface area contributed by atoms with E-state index in [9.17, 15) is 4.79 Å². The molecule has 0 aromatic heterocycles. The molecule has 134 valence electrons. The molecule has 0 radical (unpaired) electrons. The van der Waals surface area contributed by atoms with Crippen LogP contribution in [-0.4, -0.2) is 12.4 Å². The smallest absolute Gasteiger partial charge is 0.255 e. The van der Waals surface area contributed by atoms with E-state index in [1.165, 1.54) is 26.4 Å². The van der Waals surface area contributed by atoms with E-state index in [0.717, 1.165) is 61.0 Å². The molecule has 0 heterocycles. The van der Waals surface area contributed by atoms with E-state index in [0.29, 0.717) is 11.7 Å². The number of hydrogen-bond acceptors (Lipinski definition) is 2. The molecule has 0 saturated heterocycles. The Kier molecular flexibility index (Phi) is 3.51. The maximum Gasteiger partial charge on any atom is 0.255 e. The van der Waals surface area contributed by atoms with Gasteiger partial charge in [0.25, 0.3) is 5.24 Å². The number of hydrogen-bond donors (Lipinski definition) is 0. The van der Waals surface area contributed by atoms with Crippen molar-refractivity contribution < 1.29 is 13.9 Å². The van der Waals surface area contributed by atoms with Gasteiger partial charge in [-0.25, -0.2) is 4.39 Å². The van der Waals surface area contributed by atoms with E-state index in [-0.39, 0.29) is 11.0 Å². The number of halogens is 2. The second-order valence-corrected chi connectivity index (χ2v) is 9.32. The van der Waals surface area contributed by atoms with Crippen LogP contribution in [0.25, 0.3) is 0 Å². The number of rotatable bonds is 4. The average Bonchev–Trinajstić information content (AvgIpc) is 3.37. The van der Waals surface area contributed by atoms with Gasteiger partial charge in [0.15, 0.2) is 11.6 Å². The fraction of sp³-hybridized carbons (Fsp3) is 0.667. The lowest BCUT2D eigenvalue weighted by molar-refractivity contribution is -0.00680. The molecule has 1 aromatic rings. The molecule has 6 rings (SSSR count). The molecule has 5 fully saturated rings. The molecule has 5 aliphatic rings. The van der Waals surface area contributed by atoms with Crippen LogP contribution >= 0.6 is 11.6 Å². The van der Waals surface area contributed by atoms with Crippen LogP contribution in [0, 0.1) is 23.6 Å². The highest BCUT2D eigenvalue weighted by Gasteiger charge is 2.54. The molecule has 0 atom stereocenters. The molecule has 0 amide bonds. The highest BCUT2D eigenvalue weighted by molar-refractivity contribution is 6.67. The van der Waals surface area contributed by atoms with Gasteiger partial charge in [-0.3, -0.25) is 4.79 Å². The van der Waals surface area contributed by atoms with Crippen LogP contribution in [0.5, 0.6) is 5.75 Å². The van der Waals surface area contributed by atoms with Crippen LogP contribution in [0.15, 0.2) is 6.07 Å². The second-order valence-electron chi connectivity index (χ2n) is 8.98. The van der Waals surface area contributed by atoms with Gasteiger partial charge in [0.2, 0.25) is 0 Å². The first-order valence-electron chi connectivity index (χ1n) is 9.61. The molecule has 0 spiro atoms. The fourth-order valence-electron chi connectivity index (χ4n) is 6.67. The lowest BCUT2D eigenvalue weighted by Gasteiger charge is -2.57. The van der Waals surface area contributed by atoms with Crippen molar-refractivity contribution in [3.63, 3.8) is 0 Å². The van der Waals surface area contributed by atoms with E-state index in [2.05, 4.69) is 0 Å². The topological polar surface area (TPSA) is 26.3 Å². The van der Waals surface area contributed by atoms with Crippen LogP contribution in [0.1, 0.15) is 78.8 Å². The van der Waals surface area contributed by atoms with E-state index in [1.54, 1.807) is 6.07 Å². The summed E-state index contributed by atoms with van der Waals surface area (Å²) < 4.78 is 20.7. The summed E-state index contributed by atoms with van der Waals surface area (Å²) >= 11 is 5.67. The summed E-state index contributed by atoms with van der Waals surface area (Å²) in [6.07, 6.45) is 9.74. The molecule has 1 aromatic carbocycles. The molecule has 4 bridgehead atoms. The van der Waals surface area contributed by atoms with Gasteiger partial charge in [-0.1, -0.05) is 0 Å². The van der Waals surface area contributed by atoms with Crippen LogP contribution in [-0.2, 0) is 5.41 Å². The van der Waals surface area contributed by atoms with Crippen molar-refractivity contribution in [2.45, 2.75) is 62.7 Å². The summed E-state index contributed by atoms with van der Waals surface area (Å²) in [7, 11) is 1.53. The predicted molar refractivity (Wildman–Crippen MR) is 95.0 cm³/mol. The van der Waals surface area contributed by atoms with Gasteiger partial charge in [-0.05, 0) is 98.3 Å². The lowest BCUT2D eigenvalue weighted by Crippen LogP contribution is -2.49. The Morgan fingerprint density at radius 3 is 2.16 bits per heavy atom. The Bertz CT molecular complexity index is 717. The second kappa shape index (κ2) is 5.45. The predicted octanol–water partition coefficient (Wildman–Crippen LogP) is 5.56. The minimum absolute atomic E-state index is 0.0195. The first-order valence-corrected chi connectivity index (χ1v) is 9.99. The summed E-state index contributed by atoms with van der Waals surface area (Å²) in [5.74, 6) is 2.52. The molecule has 2 nitrogen and oxygen atoms in total. The van der Waals surface area contributed by atoms with Gasteiger partial charge in [-0.15, -0.1) is 0 Å². The summed E-state index contributed by atoms with van der Waals surface area (Å²) in [5, 5.41) is -0.727. The van der Waals surface area contributed by atoms with E-state index in [4.69, 9.17) is 16.3 Å². The average molecular weight is 363 g/mol. The van der Waals surface area contributed by atoms with Crippen molar-refractivity contribution in [1.29, 1.82) is 0 Å².